The van der Waals surface area contributed by atoms with E-state index in [9.17, 15) is 4.79 Å². The summed E-state index contributed by atoms with van der Waals surface area (Å²) in [4.78, 5) is 15.6. The third-order valence-electron chi connectivity index (χ3n) is 3.40. The lowest BCUT2D eigenvalue weighted by Gasteiger charge is -2.53. The van der Waals surface area contributed by atoms with E-state index >= 15 is 0 Å². The topological polar surface area (TPSA) is 26.8 Å². The van der Waals surface area contributed by atoms with E-state index < -0.39 is 0 Å². The average Bonchev–Trinajstić information content (AvgIpc) is 2.17. The minimum absolute atomic E-state index is 0.172. The van der Waals surface area contributed by atoms with Gasteiger partial charge >= 0.3 is 6.03 Å². The van der Waals surface area contributed by atoms with Crippen molar-refractivity contribution in [3.05, 3.63) is 0 Å². The summed E-state index contributed by atoms with van der Waals surface area (Å²) in [5.41, 5.74) is 0. The number of piperazine rings is 1. The largest absolute Gasteiger partial charge is 0.331 e. The summed E-state index contributed by atoms with van der Waals surface area (Å²) in [5, 5.41) is 0. The molecule has 5 heteroatoms. The Morgan fingerprint density at radius 1 is 1.27 bits per heavy atom. The Morgan fingerprint density at radius 2 is 1.93 bits per heavy atom. The summed E-state index contributed by atoms with van der Waals surface area (Å²) in [6.07, 6.45) is 4.53. The Hall–Kier alpha value is -0.420. The molecule has 0 aromatic heterocycles. The molecule has 1 saturated heterocycles. The van der Waals surface area contributed by atoms with Crippen LogP contribution in [0.3, 0.4) is 0 Å². The Kier molecular flexibility index (Phi) is 3.11. The molecule has 2 atom stereocenters. The van der Waals surface area contributed by atoms with E-state index in [1.54, 1.807) is 4.90 Å². The van der Waals surface area contributed by atoms with Crippen molar-refractivity contribution in [1.29, 1.82) is 0 Å². The second kappa shape index (κ2) is 4.22. The molecule has 2 rings (SSSR count). The predicted molar refractivity (Wildman–Crippen MR) is 62.8 cm³/mol. The molecule has 0 spiro atoms. The van der Waals surface area contributed by atoms with Gasteiger partial charge in [-0.1, -0.05) is 11.9 Å². The van der Waals surface area contributed by atoms with Gasteiger partial charge in [0.25, 0.3) is 0 Å². The average molecular weight is 229 g/mol. The zero-order chi connectivity index (χ0) is 11.0. The highest BCUT2D eigenvalue weighted by molar-refractivity contribution is 7.96. The first-order chi connectivity index (χ1) is 7.15. The van der Waals surface area contributed by atoms with Gasteiger partial charge in [-0.05, 0) is 19.1 Å². The summed E-state index contributed by atoms with van der Waals surface area (Å²) < 4.78 is 2.42. The molecule has 1 aliphatic carbocycles. The maximum Gasteiger partial charge on any atom is 0.319 e. The zero-order valence-electron chi connectivity index (χ0n) is 9.64. The molecule has 0 N–H and O–H groups in total. The van der Waals surface area contributed by atoms with Crippen molar-refractivity contribution >= 4 is 18.0 Å². The first kappa shape index (κ1) is 11.1. The monoisotopic (exact) mass is 229 g/mol. The quantitative estimate of drug-likeness (QED) is 0.630. The van der Waals surface area contributed by atoms with Gasteiger partial charge in [-0.2, -0.15) is 0 Å². The number of carbonyl (C=O) groups excluding carboxylic acids is 1. The van der Waals surface area contributed by atoms with E-state index in [1.807, 2.05) is 30.9 Å². The fraction of sp³-hybridized carbons (Fsp3) is 0.900. The Morgan fingerprint density at radius 3 is 2.40 bits per heavy atom. The molecule has 0 aromatic carbocycles. The Bertz CT molecular complexity index is 259. The zero-order valence-corrected chi connectivity index (χ0v) is 10.5. The molecule has 1 heterocycles. The molecular formula is C10H19N3OS. The second-order valence-electron chi connectivity index (χ2n) is 4.41. The Balaban J connectivity index is 2.02. The standard InChI is InChI=1S/C10H19N3OS/c1-11(2)10(14)12-6-7-13(15-3)9-5-4-8(9)12/h8-9H,4-7H2,1-3H3. The SMILES string of the molecule is CSN1CCN(C(=O)N(C)C)C2CCC21. The van der Waals surface area contributed by atoms with Crippen LogP contribution in [0.25, 0.3) is 0 Å². The molecule has 2 fully saturated rings. The lowest BCUT2D eigenvalue weighted by molar-refractivity contribution is 0.0246. The molecule has 4 nitrogen and oxygen atoms in total. The second-order valence-corrected chi connectivity index (χ2v) is 5.24. The van der Waals surface area contributed by atoms with Crippen LogP contribution in [0.2, 0.25) is 0 Å². The number of nitrogens with zero attached hydrogens (tertiary/aromatic N) is 3. The van der Waals surface area contributed by atoms with Crippen LogP contribution in [0, 0.1) is 0 Å². The summed E-state index contributed by atoms with van der Waals surface area (Å²) in [6.45, 7) is 1.88. The third-order valence-corrected chi connectivity index (χ3v) is 4.32. The summed E-state index contributed by atoms with van der Waals surface area (Å²) in [7, 11) is 3.66. The minimum Gasteiger partial charge on any atom is -0.331 e. The van der Waals surface area contributed by atoms with Gasteiger partial charge in [0.05, 0.1) is 6.04 Å². The van der Waals surface area contributed by atoms with E-state index in [0.29, 0.717) is 12.1 Å². The molecule has 0 aromatic rings. The van der Waals surface area contributed by atoms with Crippen molar-refractivity contribution in [2.45, 2.75) is 24.9 Å². The van der Waals surface area contributed by atoms with Crippen molar-refractivity contribution in [1.82, 2.24) is 14.1 Å². The van der Waals surface area contributed by atoms with E-state index in [4.69, 9.17) is 0 Å². The molecule has 0 bridgehead atoms. The molecule has 1 aliphatic heterocycles. The first-order valence-electron chi connectivity index (χ1n) is 5.44. The predicted octanol–water partition coefficient (Wildman–Crippen LogP) is 1.09. The lowest BCUT2D eigenvalue weighted by atomic mass is 9.83. The number of hydrogen-bond donors (Lipinski definition) is 0. The maximum absolute atomic E-state index is 11.9. The molecule has 0 radical (unpaired) electrons. The highest BCUT2D eigenvalue weighted by Gasteiger charge is 2.44. The number of hydrogen-bond acceptors (Lipinski definition) is 3. The molecular weight excluding hydrogens is 210 g/mol. The normalized spacial score (nSPS) is 30.7. The maximum atomic E-state index is 11.9. The number of carbonyl (C=O) groups is 1. The highest BCUT2D eigenvalue weighted by Crippen LogP contribution is 2.36. The van der Waals surface area contributed by atoms with Gasteiger partial charge < -0.3 is 9.80 Å². The van der Waals surface area contributed by atoms with Crippen LogP contribution in [0.5, 0.6) is 0 Å². The van der Waals surface area contributed by atoms with Crippen molar-refractivity contribution in [3.63, 3.8) is 0 Å². The van der Waals surface area contributed by atoms with Crippen LogP contribution in [0.15, 0.2) is 0 Å². The van der Waals surface area contributed by atoms with E-state index in [2.05, 4.69) is 10.6 Å². The van der Waals surface area contributed by atoms with Gasteiger partial charge in [0.15, 0.2) is 0 Å². The molecule has 1 saturated carbocycles. The van der Waals surface area contributed by atoms with Crippen molar-refractivity contribution in [2.75, 3.05) is 33.4 Å². The molecule has 2 amide bonds. The smallest absolute Gasteiger partial charge is 0.319 e. The number of rotatable bonds is 1. The van der Waals surface area contributed by atoms with E-state index in [-0.39, 0.29) is 6.03 Å². The van der Waals surface area contributed by atoms with Gasteiger partial charge in [-0.3, -0.25) is 0 Å². The number of urea groups is 1. The van der Waals surface area contributed by atoms with E-state index in [0.717, 1.165) is 13.1 Å². The van der Waals surface area contributed by atoms with Crippen LogP contribution < -0.4 is 0 Å². The van der Waals surface area contributed by atoms with Gasteiger partial charge in [0, 0.05) is 33.2 Å². The summed E-state index contributed by atoms with van der Waals surface area (Å²) >= 11 is 1.81. The summed E-state index contributed by atoms with van der Waals surface area (Å²) in [6, 6.07) is 1.23. The van der Waals surface area contributed by atoms with Crippen molar-refractivity contribution < 1.29 is 4.79 Å². The van der Waals surface area contributed by atoms with Gasteiger partial charge in [0.1, 0.15) is 0 Å². The van der Waals surface area contributed by atoms with Crippen molar-refractivity contribution in [3.8, 4) is 0 Å². The number of fused-ring (bicyclic) bond motifs is 1. The highest BCUT2D eigenvalue weighted by atomic mass is 32.2. The van der Waals surface area contributed by atoms with Crippen LogP contribution in [0.1, 0.15) is 12.8 Å². The van der Waals surface area contributed by atoms with Crippen LogP contribution in [-0.4, -0.2) is 65.7 Å². The first-order valence-corrected chi connectivity index (χ1v) is 6.62. The van der Waals surface area contributed by atoms with Crippen LogP contribution in [0.4, 0.5) is 4.79 Å². The fourth-order valence-electron chi connectivity index (χ4n) is 2.42. The van der Waals surface area contributed by atoms with Crippen LogP contribution >= 0.6 is 11.9 Å². The Labute approximate surface area is 95.7 Å². The lowest BCUT2D eigenvalue weighted by Crippen LogP contribution is -2.65. The molecule has 15 heavy (non-hydrogen) atoms. The fourth-order valence-corrected chi connectivity index (χ4v) is 3.20. The molecule has 2 aliphatic rings. The van der Waals surface area contributed by atoms with Crippen LogP contribution in [-0.2, 0) is 0 Å². The van der Waals surface area contributed by atoms with Crippen molar-refractivity contribution in [2.24, 2.45) is 0 Å². The molecule has 2 unspecified atom stereocenters. The number of amides is 2. The minimum atomic E-state index is 0.172. The van der Waals surface area contributed by atoms with Gasteiger partial charge in [-0.15, -0.1) is 0 Å². The third kappa shape index (κ3) is 1.83. The van der Waals surface area contributed by atoms with Gasteiger partial charge in [-0.25, -0.2) is 9.10 Å². The molecule has 86 valence electrons. The summed E-state index contributed by atoms with van der Waals surface area (Å²) in [5.74, 6) is 0. The van der Waals surface area contributed by atoms with E-state index in [1.165, 1.54) is 12.8 Å². The van der Waals surface area contributed by atoms with Gasteiger partial charge in [0.2, 0.25) is 0 Å².